The Morgan fingerprint density at radius 2 is 2.00 bits per heavy atom. The Bertz CT molecular complexity index is 686. The minimum Gasteiger partial charge on any atom is -0.426 e. The number of aromatic nitrogens is 2. The van der Waals surface area contributed by atoms with Crippen LogP contribution in [0.3, 0.4) is 0 Å². The number of benzene rings is 1. The fraction of sp³-hybridized carbons (Fsp3) is 0.444. The van der Waals surface area contributed by atoms with Crippen LogP contribution in [0.25, 0.3) is 0 Å². The topological polar surface area (TPSA) is 65.4 Å². The van der Waals surface area contributed by atoms with Gasteiger partial charge in [-0.3, -0.25) is 9.48 Å². The molecule has 0 bridgehead atoms. The van der Waals surface area contributed by atoms with Crippen molar-refractivity contribution in [2.24, 2.45) is 7.05 Å². The second-order valence-corrected chi connectivity index (χ2v) is 5.92. The Balaban J connectivity index is 2.12. The number of carbonyl (C=O) groups is 1. The number of ether oxygens (including phenoxy) is 2. The highest BCUT2D eigenvalue weighted by Gasteiger charge is 2.15. The van der Waals surface area contributed by atoms with E-state index in [2.05, 4.69) is 10.4 Å². The SMILES string of the molecule is COC[C@H](NCc1cc(C)c(OC(C)=O)c(C)c1)c1ccnn1C. The Hall–Kier alpha value is -2.18. The minimum atomic E-state index is -0.302. The highest BCUT2D eigenvalue weighted by molar-refractivity contribution is 5.70. The first-order valence-corrected chi connectivity index (χ1v) is 7.91. The van der Waals surface area contributed by atoms with Gasteiger partial charge in [0.05, 0.1) is 18.3 Å². The lowest BCUT2D eigenvalue weighted by atomic mass is 10.0. The summed E-state index contributed by atoms with van der Waals surface area (Å²) in [5.74, 6) is 0.342. The lowest BCUT2D eigenvalue weighted by molar-refractivity contribution is -0.131. The first-order chi connectivity index (χ1) is 11.4. The van der Waals surface area contributed by atoms with Crippen LogP contribution in [0, 0.1) is 13.8 Å². The normalized spacial score (nSPS) is 12.2. The summed E-state index contributed by atoms with van der Waals surface area (Å²) < 4.78 is 12.4. The van der Waals surface area contributed by atoms with Crippen LogP contribution in [0.2, 0.25) is 0 Å². The molecule has 6 heteroatoms. The van der Waals surface area contributed by atoms with Crippen LogP contribution in [0.1, 0.15) is 35.3 Å². The average Bonchev–Trinajstić information content (AvgIpc) is 2.93. The molecule has 1 atom stereocenters. The van der Waals surface area contributed by atoms with Crippen molar-refractivity contribution in [3.8, 4) is 5.75 Å². The summed E-state index contributed by atoms with van der Waals surface area (Å²) in [5, 5.41) is 7.72. The highest BCUT2D eigenvalue weighted by atomic mass is 16.5. The largest absolute Gasteiger partial charge is 0.426 e. The molecule has 24 heavy (non-hydrogen) atoms. The third-order valence-electron chi connectivity index (χ3n) is 3.87. The molecular weight excluding hydrogens is 306 g/mol. The molecule has 0 spiro atoms. The molecule has 0 saturated carbocycles. The molecule has 0 aliphatic rings. The number of methoxy groups -OCH3 is 1. The lowest BCUT2D eigenvalue weighted by Crippen LogP contribution is -2.27. The summed E-state index contributed by atoms with van der Waals surface area (Å²) in [6.07, 6.45) is 1.78. The third-order valence-corrected chi connectivity index (χ3v) is 3.87. The molecule has 6 nitrogen and oxygen atoms in total. The standard InChI is InChI=1S/C18H25N3O3/c1-12-8-15(9-13(2)18(12)24-14(3)22)10-19-16(11-23-5)17-6-7-20-21(17)4/h6-9,16,19H,10-11H2,1-5H3/t16-/m0/s1. The average molecular weight is 331 g/mol. The van der Waals surface area contributed by atoms with Crippen LogP contribution in [-0.4, -0.2) is 29.5 Å². The number of hydrogen-bond acceptors (Lipinski definition) is 5. The van der Waals surface area contributed by atoms with Crippen molar-refractivity contribution in [2.45, 2.75) is 33.4 Å². The number of carbonyl (C=O) groups excluding carboxylic acids is 1. The molecule has 1 aromatic heterocycles. The molecule has 0 unspecified atom stereocenters. The summed E-state index contributed by atoms with van der Waals surface area (Å²) in [6, 6.07) is 6.10. The van der Waals surface area contributed by atoms with Crippen LogP contribution in [0.4, 0.5) is 0 Å². The van der Waals surface area contributed by atoms with Gasteiger partial charge in [0.1, 0.15) is 5.75 Å². The van der Waals surface area contributed by atoms with Crippen molar-refractivity contribution in [3.63, 3.8) is 0 Å². The Labute approximate surface area is 142 Å². The first kappa shape index (κ1) is 18.2. The molecule has 0 saturated heterocycles. The van der Waals surface area contributed by atoms with Crippen LogP contribution >= 0.6 is 0 Å². The van der Waals surface area contributed by atoms with Gasteiger partial charge in [0, 0.05) is 33.8 Å². The highest BCUT2D eigenvalue weighted by Crippen LogP contribution is 2.25. The molecule has 0 radical (unpaired) electrons. The smallest absolute Gasteiger partial charge is 0.308 e. The number of rotatable bonds is 7. The summed E-state index contributed by atoms with van der Waals surface area (Å²) >= 11 is 0. The van der Waals surface area contributed by atoms with E-state index >= 15 is 0 Å². The molecule has 0 amide bonds. The van der Waals surface area contributed by atoms with E-state index in [1.807, 2.05) is 43.8 Å². The number of aryl methyl sites for hydroxylation is 3. The van der Waals surface area contributed by atoms with E-state index in [1.165, 1.54) is 6.92 Å². The minimum absolute atomic E-state index is 0.0521. The van der Waals surface area contributed by atoms with Gasteiger partial charge >= 0.3 is 5.97 Å². The second kappa shape index (κ2) is 8.08. The fourth-order valence-electron chi connectivity index (χ4n) is 2.83. The van der Waals surface area contributed by atoms with Crippen LogP contribution in [-0.2, 0) is 23.1 Å². The van der Waals surface area contributed by atoms with Gasteiger partial charge in [0.15, 0.2) is 0 Å². The molecule has 130 valence electrons. The van der Waals surface area contributed by atoms with Gasteiger partial charge in [-0.25, -0.2) is 0 Å². The van der Waals surface area contributed by atoms with Crippen LogP contribution in [0.15, 0.2) is 24.4 Å². The zero-order chi connectivity index (χ0) is 17.7. The molecule has 1 heterocycles. The van der Waals surface area contributed by atoms with Gasteiger partial charge < -0.3 is 14.8 Å². The molecule has 0 aliphatic heterocycles. The zero-order valence-corrected chi connectivity index (χ0v) is 14.9. The van der Waals surface area contributed by atoms with Gasteiger partial charge in [-0.2, -0.15) is 5.10 Å². The van der Waals surface area contributed by atoms with E-state index in [0.717, 1.165) is 22.4 Å². The number of nitrogens with zero attached hydrogens (tertiary/aromatic N) is 2. The monoisotopic (exact) mass is 331 g/mol. The first-order valence-electron chi connectivity index (χ1n) is 7.91. The third kappa shape index (κ3) is 4.43. The van der Waals surface area contributed by atoms with E-state index in [-0.39, 0.29) is 12.0 Å². The van der Waals surface area contributed by atoms with Crippen molar-refractivity contribution in [3.05, 3.63) is 46.8 Å². The maximum atomic E-state index is 11.2. The quantitative estimate of drug-likeness (QED) is 0.623. The summed E-state index contributed by atoms with van der Waals surface area (Å²) in [5.41, 5.74) is 4.10. The van der Waals surface area contributed by atoms with E-state index in [0.29, 0.717) is 18.9 Å². The second-order valence-electron chi connectivity index (χ2n) is 5.92. The van der Waals surface area contributed by atoms with Crippen molar-refractivity contribution in [1.29, 1.82) is 0 Å². The Morgan fingerprint density at radius 1 is 1.33 bits per heavy atom. The number of nitrogens with one attached hydrogen (secondary N) is 1. The number of esters is 1. The summed E-state index contributed by atoms with van der Waals surface area (Å²) in [4.78, 5) is 11.2. The van der Waals surface area contributed by atoms with Gasteiger partial charge in [-0.05, 0) is 36.6 Å². The zero-order valence-electron chi connectivity index (χ0n) is 14.9. The van der Waals surface area contributed by atoms with E-state index < -0.39 is 0 Å². The molecular formula is C18H25N3O3. The molecule has 1 N–H and O–H groups in total. The van der Waals surface area contributed by atoms with Crippen LogP contribution < -0.4 is 10.1 Å². The summed E-state index contributed by atoms with van der Waals surface area (Å²) in [7, 11) is 3.61. The van der Waals surface area contributed by atoms with Gasteiger partial charge in [-0.15, -0.1) is 0 Å². The van der Waals surface area contributed by atoms with E-state index in [9.17, 15) is 4.79 Å². The van der Waals surface area contributed by atoms with Crippen molar-refractivity contribution in [1.82, 2.24) is 15.1 Å². The Kier molecular flexibility index (Phi) is 6.11. The maximum Gasteiger partial charge on any atom is 0.308 e. The van der Waals surface area contributed by atoms with Crippen molar-refractivity contribution >= 4 is 5.97 Å². The van der Waals surface area contributed by atoms with Gasteiger partial charge in [0.2, 0.25) is 0 Å². The van der Waals surface area contributed by atoms with Gasteiger partial charge in [0.25, 0.3) is 0 Å². The van der Waals surface area contributed by atoms with Crippen molar-refractivity contribution in [2.75, 3.05) is 13.7 Å². The molecule has 1 aromatic carbocycles. The predicted octanol–water partition coefficient (Wildman–Crippen LogP) is 2.44. The summed E-state index contributed by atoms with van der Waals surface area (Å²) in [6.45, 7) is 6.55. The number of hydrogen-bond donors (Lipinski definition) is 1. The predicted molar refractivity (Wildman–Crippen MR) is 91.9 cm³/mol. The van der Waals surface area contributed by atoms with E-state index in [1.54, 1.807) is 13.3 Å². The van der Waals surface area contributed by atoms with Crippen molar-refractivity contribution < 1.29 is 14.3 Å². The molecule has 0 aliphatic carbocycles. The molecule has 2 rings (SSSR count). The fourth-order valence-corrected chi connectivity index (χ4v) is 2.83. The van der Waals surface area contributed by atoms with Gasteiger partial charge in [-0.1, -0.05) is 12.1 Å². The lowest BCUT2D eigenvalue weighted by Gasteiger charge is -2.19. The Morgan fingerprint density at radius 3 is 2.50 bits per heavy atom. The van der Waals surface area contributed by atoms with E-state index in [4.69, 9.17) is 9.47 Å². The molecule has 0 fully saturated rings. The maximum absolute atomic E-state index is 11.2. The molecule has 2 aromatic rings. The van der Waals surface area contributed by atoms with Crippen LogP contribution in [0.5, 0.6) is 5.75 Å².